The fraction of sp³-hybridized carbons (Fsp3) is 0.125. The number of aryl methyl sites for hydroxylation is 1. The minimum absolute atomic E-state index is 0.130. The van der Waals surface area contributed by atoms with Crippen molar-refractivity contribution in [1.29, 1.82) is 0 Å². The lowest BCUT2D eigenvalue weighted by Crippen LogP contribution is -2.17. The highest BCUT2D eigenvalue weighted by Gasteiger charge is 2.11. The molecule has 1 aromatic heterocycles. The van der Waals surface area contributed by atoms with Crippen LogP contribution in [0.25, 0.3) is 11.3 Å². The Kier molecular flexibility index (Phi) is 6.79. The molecule has 1 heterocycles. The molecule has 0 fully saturated rings. The fourth-order valence-electron chi connectivity index (χ4n) is 3.20. The minimum Gasteiger partial charge on any atom is -0.435 e. The van der Waals surface area contributed by atoms with Crippen molar-refractivity contribution in [2.24, 2.45) is 4.99 Å². The topological polar surface area (TPSA) is 26.5 Å². The van der Waals surface area contributed by atoms with Gasteiger partial charge in [-0.3, -0.25) is 0 Å². The largest absolute Gasteiger partial charge is 0.435 e. The summed E-state index contributed by atoms with van der Waals surface area (Å²) >= 11 is 7.82. The summed E-state index contributed by atoms with van der Waals surface area (Å²) in [6.07, 6.45) is 0.826. The lowest BCUT2D eigenvalue weighted by molar-refractivity contribution is -0.0498. The van der Waals surface area contributed by atoms with Gasteiger partial charge in [0, 0.05) is 11.9 Å². The number of hydrogen-bond acceptors (Lipinski definition) is 3. The number of para-hydroxylation sites is 1. The molecule has 0 saturated carbocycles. The molecule has 4 rings (SSSR count). The summed E-state index contributed by atoms with van der Waals surface area (Å²) in [6.45, 7) is -2.13. The molecule has 0 bridgehead atoms. The molecular weight excluding hydrogens is 438 g/mol. The summed E-state index contributed by atoms with van der Waals surface area (Å²) in [4.78, 5) is 5.59. The van der Waals surface area contributed by atoms with Gasteiger partial charge in [-0.25, -0.2) is 4.99 Å². The van der Waals surface area contributed by atoms with Crippen LogP contribution in [0.2, 0.25) is 5.02 Å². The van der Waals surface area contributed by atoms with Gasteiger partial charge in [0.2, 0.25) is 0 Å². The average Bonchev–Trinajstić information content (AvgIpc) is 3.17. The van der Waals surface area contributed by atoms with E-state index in [0.717, 1.165) is 22.5 Å². The molecule has 0 unspecified atom stereocenters. The Morgan fingerprint density at radius 1 is 0.935 bits per heavy atom. The van der Waals surface area contributed by atoms with Crippen molar-refractivity contribution >= 4 is 28.6 Å². The zero-order valence-electron chi connectivity index (χ0n) is 16.4. The second-order valence-corrected chi connectivity index (χ2v) is 8.00. The summed E-state index contributed by atoms with van der Waals surface area (Å²) in [6, 6.07) is 24.3. The first-order valence-electron chi connectivity index (χ1n) is 9.67. The Labute approximate surface area is 187 Å². The van der Waals surface area contributed by atoms with Crippen molar-refractivity contribution in [2.75, 3.05) is 0 Å². The molecule has 0 aliphatic rings. The van der Waals surface area contributed by atoms with Crippen molar-refractivity contribution in [1.82, 2.24) is 4.57 Å². The van der Waals surface area contributed by atoms with E-state index in [0.29, 0.717) is 17.3 Å². The minimum atomic E-state index is -2.84. The summed E-state index contributed by atoms with van der Waals surface area (Å²) < 4.78 is 31.5. The summed E-state index contributed by atoms with van der Waals surface area (Å²) in [5.74, 6) is 0.130. The van der Waals surface area contributed by atoms with Crippen LogP contribution in [-0.2, 0) is 13.0 Å². The Hall–Kier alpha value is -2.96. The molecule has 0 N–H and O–H groups in total. The van der Waals surface area contributed by atoms with Gasteiger partial charge >= 0.3 is 6.61 Å². The van der Waals surface area contributed by atoms with Gasteiger partial charge < -0.3 is 9.30 Å². The number of alkyl halides is 2. The third-order valence-electron chi connectivity index (χ3n) is 4.71. The van der Waals surface area contributed by atoms with Crippen LogP contribution in [0.5, 0.6) is 5.75 Å². The lowest BCUT2D eigenvalue weighted by atomic mass is 10.1. The van der Waals surface area contributed by atoms with E-state index in [1.54, 1.807) is 24.3 Å². The van der Waals surface area contributed by atoms with Crippen LogP contribution < -0.4 is 9.54 Å². The van der Waals surface area contributed by atoms with Crippen molar-refractivity contribution < 1.29 is 13.5 Å². The summed E-state index contributed by atoms with van der Waals surface area (Å²) in [5, 5.41) is 2.60. The second kappa shape index (κ2) is 9.90. The predicted molar refractivity (Wildman–Crippen MR) is 121 cm³/mol. The number of hydrogen-bond donors (Lipinski definition) is 0. The molecule has 4 aromatic rings. The van der Waals surface area contributed by atoms with Crippen molar-refractivity contribution in [2.45, 2.75) is 19.6 Å². The van der Waals surface area contributed by atoms with E-state index in [2.05, 4.69) is 21.4 Å². The fourth-order valence-corrected chi connectivity index (χ4v) is 4.33. The Balaban J connectivity index is 1.72. The third kappa shape index (κ3) is 5.40. The maximum absolute atomic E-state index is 12.5. The Morgan fingerprint density at radius 3 is 2.35 bits per heavy atom. The van der Waals surface area contributed by atoms with Crippen molar-refractivity contribution in [3.05, 3.63) is 99.6 Å². The van der Waals surface area contributed by atoms with Gasteiger partial charge in [0.25, 0.3) is 0 Å². The zero-order chi connectivity index (χ0) is 21.6. The van der Waals surface area contributed by atoms with Crippen LogP contribution in [-0.4, -0.2) is 11.2 Å². The maximum Gasteiger partial charge on any atom is 0.387 e. The molecule has 0 amide bonds. The van der Waals surface area contributed by atoms with Gasteiger partial charge in [-0.05, 0) is 53.9 Å². The van der Waals surface area contributed by atoms with Crippen LogP contribution >= 0.6 is 22.9 Å². The molecule has 3 aromatic carbocycles. The molecule has 0 saturated heterocycles. The zero-order valence-corrected chi connectivity index (χ0v) is 18.0. The summed E-state index contributed by atoms with van der Waals surface area (Å²) in [5.41, 5.74) is 3.77. The molecule has 158 valence electrons. The highest BCUT2D eigenvalue weighted by atomic mass is 35.5. The normalized spacial score (nSPS) is 11.8. The molecule has 3 nitrogen and oxygen atoms in total. The van der Waals surface area contributed by atoms with Crippen LogP contribution in [0.3, 0.4) is 0 Å². The van der Waals surface area contributed by atoms with E-state index in [9.17, 15) is 8.78 Å². The Bertz CT molecular complexity index is 1200. The van der Waals surface area contributed by atoms with E-state index in [-0.39, 0.29) is 5.75 Å². The third-order valence-corrected chi connectivity index (χ3v) is 5.89. The van der Waals surface area contributed by atoms with Crippen molar-refractivity contribution in [3.8, 4) is 17.0 Å². The number of rotatable bonds is 7. The second-order valence-electron chi connectivity index (χ2n) is 6.76. The molecule has 0 aliphatic heterocycles. The van der Waals surface area contributed by atoms with E-state index in [1.165, 1.54) is 16.9 Å². The molecular formula is C24H19ClF2N2OS. The first kappa shape index (κ1) is 21.3. The lowest BCUT2D eigenvalue weighted by Gasteiger charge is -2.11. The average molecular weight is 457 g/mol. The smallest absolute Gasteiger partial charge is 0.387 e. The van der Waals surface area contributed by atoms with Gasteiger partial charge in [-0.2, -0.15) is 8.78 Å². The predicted octanol–water partition coefficient (Wildman–Crippen LogP) is 6.95. The summed E-state index contributed by atoms with van der Waals surface area (Å²) in [7, 11) is 0. The number of thiazole rings is 1. The number of nitrogens with zero attached hydrogens (tertiary/aromatic N) is 2. The van der Waals surface area contributed by atoms with Gasteiger partial charge in [-0.15, -0.1) is 11.3 Å². The monoisotopic (exact) mass is 456 g/mol. The molecule has 0 spiro atoms. The first-order chi connectivity index (χ1) is 15.1. The molecule has 0 radical (unpaired) electrons. The highest BCUT2D eigenvalue weighted by Crippen LogP contribution is 2.26. The first-order valence-corrected chi connectivity index (χ1v) is 10.9. The van der Waals surface area contributed by atoms with Gasteiger partial charge in [0.05, 0.1) is 16.4 Å². The number of aromatic nitrogens is 1. The Morgan fingerprint density at radius 2 is 1.65 bits per heavy atom. The van der Waals surface area contributed by atoms with E-state index in [4.69, 9.17) is 16.6 Å². The number of benzene rings is 3. The van der Waals surface area contributed by atoms with Crippen LogP contribution in [0.15, 0.2) is 89.2 Å². The molecule has 7 heteroatoms. The van der Waals surface area contributed by atoms with Gasteiger partial charge in [0.1, 0.15) is 5.75 Å². The molecule has 0 atom stereocenters. The van der Waals surface area contributed by atoms with E-state index in [1.807, 2.05) is 47.8 Å². The molecule has 0 aliphatic carbocycles. The standard InChI is InChI=1S/C24H19ClF2N2OS/c25-20-8-4-5-9-21(20)28-24-29(15-14-17-6-2-1-3-7-17)22(16-31-24)18-10-12-19(13-11-18)30-23(26)27/h1-13,16,23H,14-15H2. The quantitative estimate of drug-likeness (QED) is 0.295. The molecule has 31 heavy (non-hydrogen) atoms. The van der Waals surface area contributed by atoms with E-state index < -0.39 is 6.61 Å². The van der Waals surface area contributed by atoms with Gasteiger partial charge in [-0.1, -0.05) is 54.1 Å². The van der Waals surface area contributed by atoms with Crippen LogP contribution in [0.1, 0.15) is 5.56 Å². The number of halogens is 3. The van der Waals surface area contributed by atoms with Gasteiger partial charge in [0.15, 0.2) is 4.80 Å². The number of ether oxygens (including phenoxy) is 1. The van der Waals surface area contributed by atoms with Crippen molar-refractivity contribution in [3.63, 3.8) is 0 Å². The highest BCUT2D eigenvalue weighted by molar-refractivity contribution is 7.07. The maximum atomic E-state index is 12.5. The SMILES string of the molecule is FC(F)Oc1ccc(-c2csc(=Nc3ccccc3Cl)n2CCc2ccccc2)cc1. The van der Waals surface area contributed by atoms with Crippen LogP contribution in [0, 0.1) is 0 Å². The van der Waals surface area contributed by atoms with E-state index >= 15 is 0 Å². The van der Waals surface area contributed by atoms with Crippen LogP contribution in [0.4, 0.5) is 14.5 Å².